The third-order valence-electron chi connectivity index (χ3n) is 4.67. The van der Waals surface area contributed by atoms with E-state index in [-0.39, 0.29) is 17.8 Å². The molecule has 0 aromatic heterocycles. The average molecular weight is 366 g/mol. The van der Waals surface area contributed by atoms with E-state index in [4.69, 9.17) is 0 Å². The smallest absolute Gasteiger partial charge is 0.144 e. The van der Waals surface area contributed by atoms with Gasteiger partial charge in [-0.25, -0.2) is 13.2 Å². The minimum atomic E-state index is -1.06. The molecule has 136 valence electrons. The van der Waals surface area contributed by atoms with Gasteiger partial charge in [0.25, 0.3) is 0 Å². The lowest BCUT2D eigenvalue weighted by Gasteiger charge is -2.17. The fourth-order valence-electron chi connectivity index (χ4n) is 3.31. The summed E-state index contributed by atoms with van der Waals surface area (Å²) in [6.07, 6.45) is 0.687. The third kappa shape index (κ3) is 3.43. The summed E-state index contributed by atoms with van der Waals surface area (Å²) < 4.78 is 42.7. The normalized spacial score (nSPS) is 14.7. The molecule has 0 bridgehead atoms. The van der Waals surface area contributed by atoms with Crippen molar-refractivity contribution >= 4 is 16.9 Å². The highest BCUT2D eigenvalue weighted by Gasteiger charge is 2.27. The van der Waals surface area contributed by atoms with Crippen molar-refractivity contribution in [3.63, 3.8) is 0 Å². The molecule has 0 unspecified atom stereocenters. The van der Waals surface area contributed by atoms with E-state index in [9.17, 15) is 18.4 Å². The van der Waals surface area contributed by atoms with Crippen LogP contribution in [0.2, 0.25) is 0 Å². The second-order valence-corrected chi connectivity index (χ2v) is 6.22. The van der Waals surface area contributed by atoms with Crippen molar-refractivity contribution in [2.24, 2.45) is 4.99 Å². The van der Waals surface area contributed by atoms with Gasteiger partial charge in [0, 0.05) is 17.7 Å². The molecule has 1 heterocycles. The first-order valence-electron chi connectivity index (χ1n) is 8.56. The Balaban J connectivity index is 2.49. The van der Waals surface area contributed by atoms with Gasteiger partial charge in [-0.3, -0.25) is 4.99 Å². The first-order valence-corrected chi connectivity index (χ1v) is 8.56. The Labute approximate surface area is 156 Å². The minimum Gasteiger partial charge on any atom is -0.269 e. The molecule has 27 heavy (non-hydrogen) atoms. The Morgan fingerprint density at radius 1 is 1.04 bits per heavy atom. The lowest BCUT2D eigenvalue weighted by molar-refractivity contribution is 0.539. The summed E-state index contributed by atoms with van der Waals surface area (Å²) >= 11 is 0. The Hall–Kier alpha value is -3.13. The van der Waals surface area contributed by atoms with Gasteiger partial charge in [0.05, 0.1) is 12.1 Å². The maximum absolute atomic E-state index is 14.6. The molecule has 0 saturated carbocycles. The van der Waals surface area contributed by atoms with Crippen molar-refractivity contribution in [1.29, 1.82) is 5.26 Å². The van der Waals surface area contributed by atoms with Gasteiger partial charge in [0.2, 0.25) is 0 Å². The minimum absolute atomic E-state index is 0.0552. The van der Waals surface area contributed by atoms with Crippen LogP contribution in [0.25, 0.3) is 11.1 Å². The highest BCUT2D eigenvalue weighted by atomic mass is 19.1. The van der Waals surface area contributed by atoms with Gasteiger partial charge in [-0.05, 0) is 35.6 Å². The van der Waals surface area contributed by atoms with E-state index in [1.165, 1.54) is 0 Å². The highest BCUT2D eigenvalue weighted by Crippen LogP contribution is 2.39. The number of nitrogens with zero attached hydrogens (tertiary/aromatic N) is 2. The summed E-state index contributed by atoms with van der Waals surface area (Å²) in [5, 5.41) is 9.64. The molecule has 3 rings (SSSR count). The lowest BCUT2D eigenvalue weighted by atomic mass is 9.86. The zero-order valence-corrected chi connectivity index (χ0v) is 15.0. The third-order valence-corrected chi connectivity index (χ3v) is 4.67. The molecule has 0 saturated heterocycles. The highest BCUT2D eigenvalue weighted by molar-refractivity contribution is 6.38. The van der Waals surface area contributed by atoms with Gasteiger partial charge in [-0.15, -0.1) is 0 Å². The van der Waals surface area contributed by atoms with Crippen molar-refractivity contribution < 1.29 is 13.2 Å². The van der Waals surface area contributed by atoms with Crippen molar-refractivity contribution in [2.75, 3.05) is 6.54 Å². The molecular weight excluding hydrogens is 349 g/mol. The molecular formula is C22H17F3N2. The van der Waals surface area contributed by atoms with E-state index < -0.39 is 23.0 Å². The summed E-state index contributed by atoms with van der Waals surface area (Å²) in [5.41, 5.74) is 2.59. The standard InChI is InChI=1S/C22H17F3N2/c1-3-14-12-27-19(11-26)22(21-17(24)9-16(23)10-18(21)25)20(13(14)2)15-7-5-4-6-8-15/h4-10H,3,12H2,1-2H3. The quantitative estimate of drug-likeness (QED) is 0.684. The molecule has 5 heteroatoms. The predicted molar refractivity (Wildman–Crippen MR) is 100 cm³/mol. The Morgan fingerprint density at radius 2 is 1.67 bits per heavy atom. The Morgan fingerprint density at radius 3 is 2.22 bits per heavy atom. The molecule has 2 aromatic rings. The number of aliphatic imine (C=N–C) groups is 1. The zero-order valence-electron chi connectivity index (χ0n) is 15.0. The van der Waals surface area contributed by atoms with Gasteiger partial charge in [0.1, 0.15) is 29.2 Å². The Bertz CT molecular complexity index is 1000. The number of nitriles is 1. The molecule has 0 atom stereocenters. The molecule has 0 spiro atoms. The molecule has 0 radical (unpaired) electrons. The van der Waals surface area contributed by atoms with Crippen molar-refractivity contribution in [3.05, 3.63) is 82.2 Å². The second kappa shape index (κ2) is 7.63. The summed E-state index contributed by atoms with van der Waals surface area (Å²) in [5.74, 6) is -3.14. The van der Waals surface area contributed by atoms with Crippen LogP contribution < -0.4 is 0 Å². The fourth-order valence-corrected chi connectivity index (χ4v) is 3.31. The number of hydrogen-bond donors (Lipinski definition) is 0. The van der Waals surface area contributed by atoms with Crippen LogP contribution in [0, 0.1) is 28.8 Å². The molecule has 0 fully saturated rings. The van der Waals surface area contributed by atoms with Crippen LogP contribution in [-0.2, 0) is 0 Å². The summed E-state index contributed by atoms with van der Waals surface area (Å²) in [4.78, 5) is 4.30. The number of halogens is 3. The van der Waals surface area contributed by atoms with Crippen molar-refractivity contribution in [3.8, 4) is 6.07 Å². The molecule has 0 N–H and O–H groups in total. The van der Waals surface area contributed by atoms with Gasteiger partial charge in [-0.1, -0.05) is 37.3 Å². The number of allylic oxidation sites excluding steroid dienone is 3. The van der Waals surface area contributed by atoms with Crippen LogP contribution >= 0.6 is 0 Å². The largest absolute Gasteiger partial charge is 0.269 e. The maximum Gasteiger partial charge on any atom is 0.144 e. The van der Waals surface area contributed by atoms with Gasteiger partial charge >= 0.3 is 0 Å². The molecule has 2 aromatic carbocycles. The Kier molecular flexibility index (Phi) is 5.27. The van der Waals surface area contributed by atoms with Crippen LogP contribution in [0.5, 0.6) is 0 Å². The van der Waals surface area contributed by atoms with E-state index >= 15 is 0 Å². The van der Waals surface area contributed by atoms with Gasteiger partial charge in [0.15, 0.2) is 0 Å². The van der Waals surface area contributed by atoms with Crippen LogP contribution in [0.15, 0.2) is 58.6 Å². The van der Waals surface area contributed by atoms with E-state index in [0.29, 0.717) is 29.7 Å². The molecule has 1 aliphatic heterocycles. The van der Waals surface area contributed by atoms with Gasteiger partial charge < -0.3 is 0 Å². The van der Waals surface area contributed by atoms with E-state index in [1.807, 2.05) is 50.2 Å². The molecule has 1 aliphatic rings. The number of rotatable bonds is 3. The number of hydrogen-bond acceptors (Lipinski definition) is 2. The summed E-state index contributed by atoms with van der Waals surface area (Å²) in [6, 6.07) is 12.3. The average Bonchev–Trinajstić information content (AvgIpc) is 2.78. The topological polar surface area (TPSA) is 36.1 Å². The first-order chi connectivity index (χ1) is 13.0. The fraction of sp³-hybridized carbons (Fsp3) is 0.182. The maximum atomic E-state index is 14.6. The van der Waals surface area contributed by atoms with E-state index in [2.05, 4.69) is 4.99 Å². The van der Waals surface area contributed by atoms with Crippen LogP contribution in [0.4, 0.5) is 13.2 Å². The second-order valence-electron chi connectivity index (χ2n) is 6.22. The van der Waals surface area contributed by atoms with Crippen LogP contribution in [0.3, 0.4) is 0 Å². The molecule has 2 nitrogen and oxygen atoms in total. The molecule has 0 aliphatic carbocycles. The van der Waals surface area contributed by atoms with Crippen molar-refractivity contribution in [2.45, 2.75) is 20.3 Å². The zero-order chi connectivity index (χ0) is 19.6. The van der Waals surface area contributed by atoms with Crippen LogP contribution in [-0.4, -0.2) is 12.3 Å². The predicted octanol–water partition coefficient (Wildman–Crippen LogP) is 5.72. The summed E-state index contributed by atoms with van der Waals surface area (Å²) in [6.45, 7) is 4.10. The monoisotopic (exact) mass is 366 g/mol. The number of benzene rings is 2. The lowest BCUT2D eigenvalue weighted by Crippen LogP contribution is -2.08. The van der Waals surface area contributed by atoms with Gasteiger partial charge in [-0.2, -0.15) is 5.26 Å². The first kappa shape index (κ1) is 18.7. The summed E-state index contributed by atoms with van der Waals surface area (Å²) in [7, 11) is 0. The van der Waals surface area contributed by atoms with Crippen LogP contribution in [0.1, 0.15) is 31.4 Å². The molecule has 0 amide bonds. The van der Waals surface area contributed by atoms with E-state index in [0.717, 1.165) is 11.1 Å². The van der Waals surface area contributed by atoms with E-state index in [1.54, 1.807) is 0 Å². The van der Waals surface area contributed by atoms with Crippen molar-refractivity contribution in [1.82, 2.24) is 0 Å². The SMILES string of the molecule is CCC1=C(C)C(c2ccccc2)=C(c2c(F)cc(F)cc2F)C(C#N)=NC1.